The lowest BCUT2D eigenvalue weighted by atomic mass is 9.86. The van der Waals surface area contributed by atoms with Gasteiger partial charge < -0.3 is 29.4 Å². The first kappa shape index (κ1) is 23.9. The molecular weight excluding hydrogens is 458 g/mol. The molecule has 1 saturated heterocycles. The molecule has 0 radical (unpaired) electrons. The smallest absolute Gasteiger partial charge is 0.289 e. The third kappa shape index (κ3) is 4.09. The lowest BCUT2D eigenvalue weighted by molar-refractivity contribution is 0.0507. The fourth-order valence-electron chi connectivity index (χ4n) is 5.15. The number of halogens is 1. The molecule has 2 aliphatic rings. The zero-order valence-corrected chi connectivity index (χ0v) is 20.4. The van der Waals surface area contributed by atoms with Gasteiger partial charge in [-0.2, -0.15) is 4.98 Å². The number of carbonyl (C=O) groups excluding carboxylic acids is 1. The van der Waals surface area contributed by atoms with Crippen LogP contribution in [-0.2, 0) is 0 Å². The van der Waals surface area contributed by atoms with Gasteiger partial charge in [-0.05, 0) is 38.0 Å². The van der Waals surface area contributed by atoms with E-state index in [1.165, 1.54) is 0 Å². The lowest BCUT2D eigenvalue weighted by Gasteiger charge is -2.49. The highest BCUT2D eigenvalue weighted by atomic mass is 35.5. The number of ether oxygens (including phenoxy) is 2. The van der Waals surface area contributed by atoms with E-state index in [0.717, 1.165) is 36.8 Å². The number of hydrogen-bond acceptors (Lipinski definition) is 8. The predicted molar refractivity (Wildman–Crippen MR) is 132 cm³/mol. The summed E-state index contributed by atoms with van der Waals surface area (Å²) in [4.78, 5) is 26.9. The van der Waals surface area contributed by atoms with Crippen molar-refractivity contribution in [2.24, 2.45) is 0 Å². The van der Waals surface area contributed by atoms with Crippen LogP contribution in [0.2, 0.25) is 0 Å². The van der Waals surface area contributed by atoms with E-state index < -0.39 is 0 Å². The number of aryl methyl sites for hydroxylation is 1. The number of anilines is 2. The molecule has 3 heterocycles. The van der Waals surface area contributed by atoms with Gasteiger partial charge in [0.25, 0.3) is 5.91 Å². The summed E-state index contributed by atoms with van der Waals surface area (Å²) in [5, 5.41) is 0.721. The highest BCUT2D eigenvalue weighted by Gasteiger charge is 2.42. The Bertz CT molecular complexity index is 1200. The van der Waals surface area contributed by atoms with Crippen LogP contribution in [-0.4, -0.2) is 60.2 Å². The van der Waals surface area contributed by atoms with Crippen LogP contribution in [0.15, 0.2) is 28.7 Å². The highest BCUT2D eigenvalue weighted by molar-refractivity contribution is 5.93. The molecule has 5 rings (SSSR count). The van der Waals surface area contributed by atoms with Gasteiger partial charge in [0.05, 0.1) is 31.8 Å². The largest absolute Gasteiger partial charge is 0.493 e. The molecule has 9 nitrogen and oxygen atoms in total. The second-order valence-electron chi connectivity index (χ2n) is 8.65. The summed E-state index contributed by atoms with van der Waals surface area (Å²) < 4.78 is 16.5. The molecule has 182 valence electrons. The van der Waals surface area contributed by atoms with E-state index in [-0.39, 0.29) is 30.4 Å². The molecule has 1 saturated carbocycles. The Morgan fingerprint density at radius 3 is 2.44 bits per heavy atom. The predicted octanol–water partition coefficient (Wildman–Crippen LogP) is 3.83. The topological polar surface area (TPSA) is 107 Å². The number of furan rings is 1. The summed E-state index contributed by atoms with van der Waals surface area (Å²) in [6.45, 7) is 3.06. The number of carbonyl (C=O) groups is 1. The normalized spacial score (nSPS) is 20.0. The van der Waals surface area contributed by atoms with Crippen molar-refractivity contribution in [3.8, 4) is 11.5 Å². The van der Waals surface area contributed by atoms with Crippen LogP contribution in [0.1, 0.15) is 42.0 Å². The minimum absolute atomic E-state index is 0. The maximum atomic E-state index is 13.2. The first-order valence-electron chi connectivity index (χ1n) is 11.3. The van der Waals surface area contributed by atoms with Crippen LogP contribution in [0.5, 0.6) is 11.5 Å². The van der Waals surface area contributed by atoms with Gasteiger partial charge in [0, 0.05) is 24.5 Å². The number of methoxy groups -OCH3 is 2. The first-order valence-corrected chi connectivity index (χ1v) is 11.3. The van der Waals surface area contributed by atoms with E-state index in [2.05, 4.69) is 9.88 Å². The van der Waals surface area contributed by atoms with Gasteiger partial charge in [0.15, 0.2) is 17.3 Å². The fourth-order valence-corrected chi connectivity index (χ4v) is 5.15. The SMILES string of the molecule is COc1cc2nc(N3CCN(C(=O)c4ccc(C)o4)[C@H]4CCCC[C@@H]43)nc(N)c2cc1OC.Cl. The molecule has 1 aliphatic heterocycles. The second-order valence-corrected chi connectivity index (χ2v) is 8.65. The molecule has 3 aromatic rings. The van der Waals surface area contributed by atoms with Gasteiger partial charge in [-0.3, -0.25) is 4.79 Å². The van der Waals surface area contributed by atoms with Gasteiger partial charge in [-0.15, -0.1) is 12.4 Å². The first-order chi connectivity index (χ1) is 16.0. The minimum Gasteiger partial charge on any atom is -0.493 e. The standard InChI is InChI=1S/C24H29N5O4.ClH/c1-14-8-9-19(33-14)23(30)28-10-11-29(18-7-5-4-6-17(18)28)24-26-16-13-21(32-3)20(31-2)12-15(16)22(25)27-24;/h8-9,12-13,17-18H,4-7,10-11H2,1-3H3,(H2,25,26,27);1H/t17-,18-;/m0./s1. The molecule has 34 heavy (non-hydrogen) atoms. The minimum atomic E-state index is -0.0459. The number of fused-ring (bicyclic) bond motifs is 2. The summed E-state index contributed by atoms with van der Waals surface area (Å²) in [5.74, 6) is 3.25. The summed E-state index contributed by atoms with van der Waals surface area (Å²) >= 11 is 0. The number of benzene rings is 1. The zero-order valence-electron chi connectivity index (χ0n) is 19.6. The Morgan fingerprint density at radius 1 is 1.06 bits per heavy atom. The third-order valence-corrected chi connectivity index (χ3v) is 6.76. The van der Waals surface area contributed by atoms with Crippen molar-refractivity contribution < 1.29 is 18.7 Å². The quantitative estimate of drug-likeness (QED) is 0.591. The number of piperazine rings is 1. The second kappa shape index (κ2) is 9.58. The number of rotatable bonds is 4. The highest BCUT2D eigenvalue weighted by Crippen LogP contribution is 2.37. The van der Waals surface area contributed by atoms with Crippen molar-refractivity contribution in [1.82, 2.24) is 14.9 Å². The Kier molecular flexibility index (Phi) is 6.74. The molecule has 2 N–H and O–H groups in total. The maximum absolute atomic E-state index is 13.2. The zero-order chi connectivity index (χ0) is 23.1. The van der Waals surface area contributed by atoms with Crippen molar-refractivity contribution in [3.63, 3.8) is 0 Å². The summed E-state index contributed by atoms with van der Waals surface area (Å²) in [7, 11) is 3.18. The molecule has 2 fully saturated rings. The molecule has 10 heteroatoms. The number of nitrogens with zero attached hydrogens (tertiary/aromatic N) is 4. The van der Waals surface area contributed by atoms with E-state index in [0.29, 0.717) is 47.6 Å². The summed E-state index contributed by atoms with van der Waals surface area (Å²) in [5.41, 5.74) is 7.05. The van der Waals surface area contributed by atoms with Crippen LogP contribution in [0.25, 0.3) is 10.9 Å². The molecule has 0 unspecified atom stereocenters. The Balaban J connectivity index is 0.00000274. The number of hydrogen-bond donors (Lipinski definition) is 1. The Morgan fingerprint density at radius 2 is 1.76 bits per heavy atom. The molecule has 0 bridgehead atoms. The monoisotopic (exact) mass is 487 g/mol. The van der Waals surface area contributed by atoms with E-state index in [9.17, 15) is 4.79 Å². The van der Waals surface area contributed by atoms with Gasteiger partial charge >= 0.3 is 0 Å². The molecule has 1 amide bonds. The molecule has 1 aliphatic carbocycles. The number of aromatic nitrogens is 2. The molecule has 2 aromatic heterocycles. The number of nitrogen functional groups attached to an aromatic ring is 1. The van der Waals surface area contributed by atoms with Crippen molar-refractivity contribution in [3.05, 3.63) is 35.8 Å². The van der Waals surface area contributed by atoms with Crippen molar-refractivity contribution in [2.75, 3.05) is 37.9 Å². The fraction of sp³-hybridized carbons (Fsp3) is 0.458. The van der Waals surface area contributed by atoms with E-state index >= 15 is 0 Å². The molecule has 0 spiro atoms. The van der Waals surface area contributed by atoms with Crippen LogP contribution < -0.4 is 20.1 Å². The van der Waals surface area contributed by atoms with Crippen molar-refractivity contribution in [1.29, 1.82) is 0 Å². The Hall–Kier alpha value is -3.20. The van der Waals surface area contributed by atoms with E-state index in [1.54, 1.807) is 26.4 Å². The van der Waals surface area contributed by atoms with Crippen molar-refractivity contribution >= 4 is 41.0 Å². The average molecular weight is 488 g/mol. The Labute approximate surface area is 204 Å². The molecule has 2 atom stereocenters. The van der Waals surface area contributed by atoms with Crippen LogP contribution in [0, 0.1) is 6.92 Å². The van der Waals surface area contributed by atoms with Crippen LogP contribution >= 0.6 is 12.4 Å². The average Bonchev–Trinajstić information content (AvgIpc) is 3.28. The summed E-state index contributed by atoms with van der Waals surface area (Å²) in [6, 6.07) is 7.43. The molecular formula is C24H30ClN5O4. The lowest BCUT2D eigenvalue weighted by Crippen LogP contribution is -2.62. The van der Waals surface area contributed by atoms with Crippen LogP contribution in [0.4, 0.5) is 11.8 Å². The third-order valence-electron chi connectivity index (χ3n) is 6.76. The van der Waals surface area contributed by atoms with E-state index in [1.807, 2.05) is 24.0 Å². The van der Waals surface area contributed by atoms with Crippen LogP contribution in [0.3, 0.4) is 0 Å². The maximum Gasteiger partial charge on any atom is 0.289 e. The summed E-state index contributed by atoms with van der Waals surface area (Å²) in [6.07, 6.45) is 4.11. The van der Waals surface area contributed by atoms with Crippen molar-refractivity contribution in [2.45, 2.75) is 44.7 Å². The number of amides is 1. The number of nitrogens with two attached hydrogens (primary N) is 1. The van der Waals surface area contributed by atoms with Gasteiger partial charge in [-0.1, -0.05) is 12.8 Å². The van der Waals surface area contributed by atoms with Gasteiger partial charge in [0.2, 0.25) is 5.95 Å². The van der Waals surface area contributed by atoms with Gasteiger partial charge in [0.1, 0.15) is 11.6 Å². The van der Waals surface area contributed by atoms with E-state index in [4.69, 9.17) is 24.6 Å². The van der Waals surface area contributed by atoms with Gasteiger partial charge in [-0.25, -0.2) is 4.98 Å². The molecule has 1 aromatic carbocycles.